The van der Waals surface area contributed by atoms with Crippen LogP contribution in [-0.4, -0.2) is 13.2 Å². The average Bonchev–Trinajstić information content (AvgIpc) is 2.08. The van der Waals surface area contributed by atoms with Crippen molar-refractivity contribution in [1.29, 1.82) is 0 Å². The van der Waals surface area contributed by atoms with E-state index >= 15 is 0 Å². The van der Waals surface area contributed by atoms with Crippen molar-refractivity contribution in [1.82, 2.24) is 0 Å². The number of benzene rings is 1. The summed E-state index contributed by atoms with van der Waals surface area (Å²) in [7, 11) is 1.69. The summed E-state index contributed by atoms with van der Waals surface area (Å²) in [6.07, 6.45) is 0.906. The van der Waals surface area contributed by atoms with Crippen molar-refractivity contribution in [3.05, 3.63) is 29.3 Å². The highest BCUT2D eigenvalue weighted by atomic mass is 16.5. The monoisotopic (exact) mass is 179 g/mol. The maximum atomic E-state index is 5.74. The molecule has 0 unspecified atom stereocenters. The van der Waals surface area contributed by atoms with Gasteiger partial charge >= 0.3 is 0 Å². The number of methoxy groups -OCH3 is 1. The zero-order valence-corrected chi connectivity index (χ0v) is 8.50. The molecule has 1 aromatic rings. The van der Waals surface area contributed by atoms with Crippen molar-refractivity contribution in [3.8, 4) is 5.75 Å². The molecule has 72 valence electrons. The number of hydrogen-bond acceptors (Lipinski definition) is 2. The number of hydrogen-bond donors (Lipinski definition) is 1. The van der Waals surface area contributed by atoms with Crippen LogP contribution >= 0.6 is 0 Å². The van der Waals surface area contributed by atoms with Crippen LogP contribution in [0, 0.1) is 6.92 Å². The Bertz CT molecular complexity index is 281. The van der Waals surface area contributed by atoms with Crippen LogP contribution in [0.4, 0.5) is 0 Å². The fraction of sp³-hybridized carbons (Fsp3) is 0.455. The summed E-state index contributed by atoms with van der Waals surface area (Å²) in [4.78, 5) is 0. The standard InChI is InChI=1S/C11H17NO/c1-8(12)7-10-5-4-6-11(13-3)9(10)2/h4-6,8H,7,12H2,1-3H3/t8-/m1/s1. The molecular formula is C11H17NO. The summed E-state index contributed by atoms with van der Waals surface area (Å²) in [6, 6.07) is 6.27. The average molecular weight is 179 g/mol. The second-order valence-electron chi connectivity index (χ2n) is 3.43. The van der Waals surface area contributed by atoms with Crippen LogP contribution in [-0.2, 0) is 6.42 Å². The van der Waals surface area contributed by atoms with Crippen LogP contribution < -0.4 is 10.5 Å². The van der Waals surface area contributed by atoms with Gasteiger partial charge in [0.25, 0.3) is 0 Å². The van der Waals surface area contributed by atoms with E-state index < -0.39 is 0 Å². The van der Waals surface area contributed by atoms with Crippen LogP contribution in [0.2, 0.25) is 0 Å². The van der Waals surface area contributed by atoms with Gasteiger partial charge in [-0.3, -0.25) is 0 Å². The largest absolute Gasteiger partial charge is 0.496 e. The summed E-state index contributed by atoms with van der Waals surface area (Å²) >= 11 is 0. The summed E-state index contributed by atoms with van der Waals surface area (Å²) in [6.45, 7) is 4.08. The Hall–Kier alpha value is -1.02. The highest BCUT2D eigenvalue weighted by molar-refractivity contribution is 5.39. The van der Waals surface area contributed by atoms with Gasteiger partial charge in [0.1, 0.15) is 5.75 Å². The summed E-state index contributed by atoms with van der Waals surface area (Å²) < 4.78 is 5.23. The Morgan fingerprint density at radius 3 is 2.69 bits per heavy atom. The third-order valence-electron chi connectivity index (χ3n) is 2.16. The number of rotatable bonds is 3. The van der Waals surface area contributed by atoms with Crippen molar-refractivity contribution >= 4 is 0 Å². The summed E-state index contributed by atoms with van der Waals surface area (Å²) in [5.74, 6) is 0.943. The van der Waals surface area contributed by atoms with Crippen molar-refractivity contribution in [2.75, 3.05) is 7.11 Å². The highest BCUT2D eigenvalue weighted by Crippen LogP contribution is 2.21. The molecule has 2 nitrogen and oxygen atoms in total. The fourth-order valence-electron chi connectivity index (χ4n) is 1.45. The molecule has 0 aromatic heterocycles. The van der Waals surface area contributed by atoms with Gasteiger partial charge in [0, 0.05) is 6.04 Å². The third-order valence-corrected chi connectivity index (χ3v) is 2.16. The van der Waals surface area contributed by atoms with Gasteiger partial charge in [0.15, 0.2) is 0 Å². The van der Waals surface area contributed by atoms with Gasteiger partial charge in [-0.2, -0.15) is 0 Å². The Morgan fingerprint density at radius 2 is 2.15 bits per heavy atom. The van der Waals surface area contributed by atoms with Gasteiger partial charge in [-0.15, -0.1) is 0 Å². The fourth-order valence-corrected chi connectivity index (χ4v) is 1.45. The SMILES string of the molecule is COc1cccc(C[C@@H](C)N)c1C. The lowest BCUT2D eigenvalue weighted by molar-refractivity contribution is 0.411. The number of ether oxygens (including phenoxy) is 1. The van der Waals surface area contributed by atoms with Gasteiger partial charge < -0.3 is 10.5 Å². The van der Waals surface area contributed by atoms with Crippen molar-refractivity contribution < 1.29 is 4.74 Å². The first kappa shape index (κ1) is 10.1. The zero-order chi connectivity index (χ0) is 9.84. The Labute approximate surface area is 79.7 Å². The molecule has 0 saturated heterocycles. The van der Waals surface area contributed by atoms with E-state index in [1.165, 1.54) is 11.1 Å². The van der Waals surface area contributed by atoms with E-state index in [9.17, 15) is 0 Å². The van der Waals surface area contributed by atoms with Gasteiger partial charge in [0.05, 0.1) is 7.11 Å². The minimum Gasteiger partial charge on any atom is -0.496 e. The van der Waals surface area contributed by atoms with E-state index in [1.807, 2.05) is 19.1 Å². The molecular weight excluding hydrogens is 162 g/mol. The van der Waals surface area contributed by atoms with Crippen LogP contribution in [0.3, 0.4) is 0 Å². The third kappa shape index (κ3) is 2.46. The maximum Gasteiger partial charge on any atom is 0.122 e. The topological polar surface area (TPSA) is 35.2 Å². The molecule has 1 rings (SSSR count). The van der Waals surface area contributed by atoms with Crippen molar-refractivity contribution in [3.63, 3.8) is 0 Å². The van der Waals surface area contributed by atoms with Crippen LogP contribution in [0.15, 0.2) is 18.2 Å². The Morgan fingerprint density at radius 1 is 1.46 bits per heavy atom. The minimum atomic E-state index is 0.200. The molecule has 1 aromatic carbocycles. The molecule has 0 saturated carbocycles. The molecule has 0 aliphatic carbocycles. The lowest BCUT2D eigenvalue weighted by Gasteiger charge is -2.11. The van der Waals surface area contributed by atoms with Crippen LogP contribution in [0.5, 0.6) is 5.75 Å². The molecule has 0 amide bonds. The van der Waals surface area contributed by atoms with Crippen LogP contribution in [0.25, 0.3) is 0 Å². The molecule has 0 aliphatic heterocycles. The van der Waals surface area contributed by atoms with E-state index in [4.69, 9.17) is 10.5 Å². The molecule has 0 heterocycles. The van der Waals surface area contributed by atoms with E-state index in [0.717, 1.165) is 12.2 Å². The van der Waals surface area contributed by atoms with E-state index in [1.54, 1.807) is 7.11 Å². The van der Waals surface area contributed by atoms with Crippen molar-refractivity contribution in [2.24, 2.45) is 5.73 Å². The first-order valence-electron chi connectivity index (χ1n) is 4.53. The van der Waals surface area contributed by atoms with Crippen molar-refractivity contribution in [2.45, 2.75) is 26.3 Å². The second-order valence-corrected chi connectivity index (χ2v) is 3.43. The van der Waals surface area contributed by atoms with E-state index in [2.05, 4.69) is 13.0 Å². The summed E-state index contributed by atoms with van der Waals surface area (Å²) in [5, 5.41) is 0. The molecule has 13 heavy (non-hydrogen) atoms. The molecule has 1 atom stereocenters. The molecule has 0 fully saturated rings. The predicted octanol–water partition coefficient (Wildman–Crippen LogP) is 1.89. The summed E-state index contributed by atoms with van der Waals surface area (Å²) in [5.41, 5.74) is 8.21. The number of nitrogens with two attached hydrogens (primary N) is 1. The minimum absolute atomic E-state index is 0.200. The molecule has 0 radical (unpaired) electrons. The predicted molar refractivity (Wildman–Crippen MR) is 55.1 cm³/mol. The normalized spacial score (nSPS) is 12.6. The van der Waals surface area contributed by atoms with Gasteiger partial charge in [-0.05, 0) is 37.5 Å². The van der Waals surface area contributed by atoms with Gasteiger partial charge in [-0.25, -0.2) is 0 Å². The smallest absolute Gasteiger partial charge is 0.122 e. The molecule has 2 heteroatoms. The first-order chi connectivity index (χ1) is 6.15. The van der Waals surface area contributed by atoms with E-state index in [0.29, 0.717) is 0 Å². The second kappa shape index (κ2) is 4.28. The van der Waals surface area contributed by atoms with E-state index in [-0.39, 0.29) is 6.04 Å². The molecule has 2 N–H and O–H groups in total. The van der Waals surface area contributed by atoms with Gasteiger partial charge in [0.2, 0.25) is 0 Å². The lowest BCUT2D eigenvalue weighted by Crippen LogP contribution is -2.18. The molecule has 0 spiro atoms. The lowest BCUT2D eigenvalue weighted by atomic mass is 10.0. The van der Waals surface area contributed by atoms with Gasteiger partial charge in [-0.1, -0.05) is 12.1 Å². The first-order valence-corrected chi connectivity index (χ1v) is 4.53. The Kier molecular flexibility index (Phi) is 3.32. The van der Waals surface area contributed by atoms with Crippen LogP contribution in [0.1, 0.15) is 18.1 Å². The zero-order valence-electron chi connectivity index (χ0n) is 8.50. The highest BCUT2D eigenvalue weighted by Gasteiger charge is 2.05. The quantitative estimate of drug-likeness (QED) is 0.769. The maximum absolute atomic E-state index is 5.74. The molecule has 0 bridgehead atoms. The molecule has 0 aliphatic rings. The Balaban J connectivity index is 2.94.